The molecule has 0 amide bonds. The number of hydrazine groups is 1. The third-order valence-corrected chi connectivity index (χ3v) is 3.44. The lowest BCUT2D eigenvalue weighted by molar-refractivity contribution is 0.312. The maximum absolute atomic E-state index is 5.68. The molecule has 0 bridgehead atoms. The molecule has 1 rings (SSSR count). The summed E-state index contributed by atoms with van der Waals surface area (Å²) in [6, 6.07) is 0.287. The number of unbranched alkanes of at least 4 members (excludes halogenated alkanes) is 1. The predicted octanol–water partition coefficient (Wildman–Crippen LogP) is 1.41. The minimum atomic E-state index is 0.287. The van der Waals surface area contributed by atoms with Gasteiger partial charge in [-0.2, -0.15) is 5.10 Å². The smallest absolute Gasteiger partial charge is 0.138 e. The van der Waals surface area contributed by atoms with Gasteiger partial charge in [0.1, 0.15) is 12.2 Å². The Morgan fingerprint density at radius 3 is 2.71 bits per heavy atom. The molecule has 0 aliphatic carbocycles. The Bertz CT molecular complexity index is 310. The molecule has 5 nitrogen and oxygen atoms in total. The molecule has 0 saturated carbocycles. The monoisotopic (exact) mass is 239 g/mol. The number of hydrogen-bond acceptors (Lipinski definition) is 4. The number of rotatable bonds is 8. The molecule has 0 fully saturated rings. The van der Waals surface area contributed by atoms with Gasteiger partial charge in [0.05, 0.1) is 0 Å². The van der Waals surface area contributed by atoms with E-state index >= 15 is 0 Å². The van der Waals surface area contributed by atoms with Crippen molar-refractivity contribution in [3.63, 3.8) is 0 Å². The van der Waals surface area contributed by atoms with Gasteiger partial charge in [0.25, 0.3) is 0 Å². The predicted molar refractivity (Wildman–Crippen MR) is 69.1 cm³/mol. The fourth-order valence-corrected chi connectivity index (χ4v) is 2.22. The Balaban J connectivity index is 2.59. The molecule has 1 heterocycles. The average molecular weight is 239 g/mol. The van der Waals surface area contributed by atoms with Crippen molar-refractivity contribution in [3.05, 3.63) is 12.2 Å². The average Bonchev–Trinajstić information content (AvgIpc) is 2.74. The summed E-state index contributed by atoms with van der Waals surface area (Å²) in [5.74, 6) is 7.28. The second-order valence-corrected chi connectivity index (χ2v) is 4.59. The maximum Gasteiger partial charge on any atom is 0.138 e. The van der Waals surface area contributed by atoms with Gasteiger partial charge < -0.3 is 0 Å². The zero-order valence-corrected chi connectivity index (χ0v) is 11.2. The summed E-state index contributed by atoms with van der Waals surface area (Å²) < 4.78 is 1.82. The minimum Gasteiger partial charge on any atom is -0.271 e. The highest BCUT2D eigenvalue weighted by Gasteiger charge is 2.20. The Morgan fingerprint density at radius 2 is 2.24 bits per heavy atom. The maximum atomic E-state index is 5.68. The highest BCUT2D eigenvalue weighted by atomic mass is 15.3. The van der Waals surface area contributed by atoms with Gasteiger partial charge >= 0.3 is 0 Å². The molecule has 0 spiro atoms. The third-order valence-electron chi connectivity index (χ3n) is 3.44. The summed E-state index contributed by atoms with van der Waals surface area (Å²) in [6.45, 7) is 4.45. The van der Waals surface area contributed by atoms with Crippen LogP contribution in [0.25, 0.3) is 0 Å². The summed E-state index contributed by atoms with van der Waals surface area (Å²) in [4.78, 5) is 4.26. The van der Waals surface area contributed by atoms with Crippen LogP contribution in [0.3, 0.4) is 0 Å². The van der Waals surface area contributed by atoms with Gasteiger partial charge in [-0.3, -0.25) is 16.0 Å². The standard InChI is InChI=1S/C12H25N5/c1-4-6-7-10(5-2)11(16-13)8-12-14-9-15-17(12)3/h9-11,16H,4-8,13H2,1-3H3. The highest BCUT2D eigenvalue weighted by Crippen LogP contribution is 2.19. The molecular weight excluding hydrogens is 214 g/mol. The normalized spacial score (nSPS) is 14.8. The second kappa shape index (κ2) is 7.40. The van der Waals surface area contributed by atoms with E-state index in [0.29, 0.717) is 5.92 Å². The largest absolute Gasteiger partial charge is 0.271 e. The molecular formula is C12H25N5. The van der Waals surface area contributed by atoms with E-state index in [-0.39, 0.29) is 6.04 Å². The van der Waals surface area contributed by atoms with Crippen LogP contribution in [0.4, 0.5) is 0 Å². The molecule has 0 aliphatic heterocycles. The first-order chi connectivity index (χ1) is 8.22. The lowest BCUT2D eigenvalue weighted by atomic mass is 9.89. The molecule has 1 aromatic heterocycles. The van der Waals surface area contributed by atoms with Crippen molar-refractivity contribution in [1.82, 2.24) is 20.2 Å². The van der Waals surface area contributed by atoms with Crippen LogP contribution in [-0.4, -0.2) is 20.8 Å². The van der Waals surface area contributed by atoms with E-state index in [1.807, 2.05) is 11.7 Å². The van der Waals surface area contributed by atoms with Gasteiger partial charge in [-0.05, 0) is 12.3 Å². The molecule has 0 aliphatic rings. The van der Waals surface area contributed by atoms with Gasteiger partial charge in [0.15, 0.2) is 0 Å². The summed E-state index contributed by atoms with van der Waals surface area (Å²) in [5.41, 5.74) is 2.95. The van der Waals surface area contributed by atoms with Crippen LogP contribution >= 0.6 is 0 Å². The highest BCUT2D eigenvalue weighted by molar-refractivity contribution is 4.90. The molecule has 17 heavy (non-hydrogen) atoms. The molecule has 0 radical (unpaired) electrons. The van der Waals surface area contributed by atoms with Gasteiger partial charge in [-0.25, -0.2) is 4.98 Å². The summed E-state index contributed by atoms with van der Waals surface area (Å²) in [6.07, 6.45) is 7.30. The van der Waals surface area contributed by atoms with Gasteiger partial charge in [-0.15, -0.1) is 0 Å². The van der Waals surface area contributed by atoms with E-state index in [1.54, 1.807) is 6.33 Å². The Morgan fingerprint density at radius 1 is 1.47 bits per heavy atom. The van der Waals surface area contributed by atoms with E-state index in [2.05, 4.69) is 29.4 Å². The number of nitrogens with two attached hydrogens (primary N) is 1. The summed E-state index contributed by atoms with van der Waals surface area (Å²) in [7, 11) is 1.92. The molecule has 3 N–H and O–H groups in total. The summed E-state index contributed by atoms with van der Waals surface area (Å²) >= 11 is 0. The number of hydrogen-bond donors (Lipinski definition) is 2. The Kier molecular flexibility index (Phi) is 6.15. The molecule has 1 aromatic rings. The zero-order valence-electron chi connectivity index (χ0n) is 11.2. The van der Waals surface area contributed by atoms with E-state index in [9.17, 15) is 0 Å². The first kappa shape index (κ1) is 14.1. The quantitative estimate of drug-likeness (QED) is 0.531. The number of nitrogens with one attached hydrogen (secondary N) is 1. The fraction of sp³-hybridized carbons (Fsp3) is 0.833. The van der Waals surface area contributed by atoms with Crippen LogP contribution in [0.15, 0.2) is 6.33 Å². The zero-order chi connectivity index (χ0) is 12.7. The number of aryl methyl sites for hydroxylation is 1. The molecule has 98 valence electrons. The van der Waals surface area contributed by atoms with E-state index in [1.165, 1.54) is 19.3 Å². The van der Waals surface area contributed by atoms with Crippen LogP contribution in [-0.2, 0) is 13.5 Å². The van der Waals surface area contributed by atoms with Crippen molar-refractivity contribution in [1.29, 1.82) is 0 Å². The van der Waals surface area contributed by atoms with Crippen molar-refractivity contribution in [2.24, 2.45) is 18.8 Å². The van der Waals surface area contributed by atoms with Crippen molar-refractivity contribution >= 4 is 0 Å². The van der Waals surface area contributed by atoms with Crippen molar-refractivity contribution in [2.75, 3.05) is 0 Å². The fourth-order valence-electron chi connectivity index (χ4n) is 2.22. The Labute approximate surface area is 104 Å². The van der Waals surface area contributed by atoms with Gasteiger partial charge in [0, 0.05) is 19.5 Å². The van der Waals surface area contributed by atoms with Crippen LogP contribution in [0.1, 0.15) is 45.4 Å². The van der Waals surface area contributed by atoms with Crippen molar-refractivity contribution < 1.29 is 0 Å². The SMILES string of the molecule is CCCCC(CC)C(Cc1ncnn1C)NN. The first-order valence-electron chi connectivity index (χ1n) is 6.51. The van der Waals surface area contributed by atoms with Crippen LogP contribution in [0.2, 0.25) is 0 Å². The number of nitrogens with zero attached hydrogens (tertiary/aromatic N) is 3. The van der Waals surface area contributed by atoms with Gasteiger partial charge in [0.2, 0.25) is 0 Å². The summed E-state index contributed by atoms with van der Waals surface area (Å²) in [5, 5.41) is 4.09. The van der Waals surface area contributed by atoms with Crippen LogP contribution < -0.4 is 11.3 Å². The van der Waals surface area contributed by atoms with Crippen molar-refractivity contribution in [2.45, 2.75) is 52.0 Å². The van der Waals surface area contributed by atoms with E-state index in [4.69, 9.17) is 5.84 Å². The van der Waals surface area contributed by atoms with Crippen molar-refractivity contribution in [3.8, 4) is 0 Å². The minimum absolute atomic E-state index is 0.287. The number of aromatic nitrogens is 3. The van der Waals surface area contributed by atoms with E-state index in [0.717, 1.165) is 18.7 Å². The lowest BCUT2D eigenvalue weighted by Gasteiger charge is -2.25. The third kappa shape index (κ3) is 4.09. The molecule has 5 heteroatoms. The van der Waals surface area contributed by atoms with Crippen LogP contribution in [0, 0.1) is 5.92 Å². The molecule has 2 atom stereocenters. The molecule has 0 aromatic carbocycles. The molecule has 2 unspecified atom stereocenters. The van der Waals surface area contributed by atoms with E-state index < -0.39 is 0 Å². The lowest BCUT2D eigenvalue weighted by Crippen LogP contribution is -2.42. The Hall–Kier alpha value is -0.940. The molecule has 0 saturated heterocycles. The topological polar surface area (TPSA) is 68.8 Å². The van der Waals surface area contributed by atoms with Crippen LogP contribution in [0.5, 0.6) is 0 Å². The second-order valence-electron chi connectivity index (χ2n) is 4.59. The van der Waals surface area contributed by atoms with Gasteiger partial charge in [-0.1, -0.05) is 33.1 Å². The first-order valence-corrected chi connectivity index (χ1v) is 6.51.